The van der Waals surface area contributed by atoms with Gasteiger partial charge in [0, 0.05) is 19.9 Å². The van der Waals surface area contributed by atoms with Crippen LogP contribution < -0.4 is 0 Å². The number of allylic oxidation sites excluding steroid dienone is 1. The highest BCUT2D eigenvalue weighted by atomic mass is 32.2. The lowest BCUT2D eigenvalue weighted by Gasteiger charge is -2.37. The molecule has 0 saturated carbocycles. The lowest BCUT2D eigenvalue weighted by molar-refractivity contribution is -0.158. The predicted octanol–water partition coefficient (Wildman–Crippen LogP) is 2.70. The van der Waals surface area contributed by atoms with Crippen molar-refractivity contribution in [1.82, 2.24) is 4.90 Å². The molecule has 130 valence electrons. The van der Waals surface area contributed by atoms with E-state index in [9.17, 15) is 14.4 Å². The second kappa shape index (κ2) is 10.0. The SMILES string of the molecule is C=CCCC(=O)N1CCCC(C(OC(C)=O)C(SC)SC)C1=O. The van der Waals surface area contributed by atoms with Gasteiger partial charge in [-0.2, -0.15) is 0 Å². The largest absolute Gasteiger partial charge is 0.460 e. The van der Waals surface area contributed by atoms with Gasteiger partial charge in [0.2, 0.25) is 11.8 Å². The predicted molar refractivity (Wildman–Crippen MR) is 95.2 cm³/mol. The van der Waals surface area contributed by atoms with E-state index in [0.717, 1.165) is 6.42 Å². The van der Waals surface area contributed by atoms with Crippen LogP contribution in [0.4, 0.5) is 0 Å². The third-order valence-electron chi connectivity index (χ3n) is 3.77. The maximum atomic E-state index is 12.8. The summed E-state index contributed by atoms with van der Waals surface area (Å²) in [7, 11) is 0. The van der Waals surface area contributed by atoms with Crippen LogP contribution in [0, 0.1) is 5.92 Å². The monoisotopic (exact) mass is 359 g/mol. The summed E-state index contributed by atoms with van der Waals surface area (Å²) in [6.07, 6.45) is 7.23. The fraction of sp³-hybridized carbons (Fsp3) is 0.688. The van der Waals surface area contributed by atoms with Crippen molar-refractivity contribution in [3.8, 4) is 0 Å². The topological polar surface area (TPSA) is 63.7 Å². The summed E-state index contributed by atoms with van der Waals surface area (Å²) in [6.45, 7) is 5.40. The van der Waals surface area contributed by atoms with Crippen molar-refractivity contribution >= 4 is 41.3 Å². The molecule has 1 fully saturated rings. The van der Waals surface area contributed by atoms with Crippen LogP contribution in [-0.2, 0) is 19.1 Å². The van der Waals surface area contributed by atoms with Gasteiger partial charge in [0.25, 0.3) is 0 Å². The van der Waals surface area contributed by atoms with Crippen LogP contribution in [0.3, 0.4) is 0 Å². The molecule has 1 aliphatic heterocycles. The number of likely N-dealkylation sites (tertiary alicyclic amines) is 1. The molecule has 0 aromatic rings. The first-order valence-corrected chi connectivity index (χ1v) is 10.2. The number of esters is 1. The van der Waals surface area contributed by atoms with Crippen LogP contribution >= 0.6 is 23.5 Å². The molecular weight excluding hydrogens is 334 g/mol. The third-order valence-corrected chi connectivity index (χ3v) is 6.40. The molecule has 7 heteroatoms. The van der Waals surface area contributed by atoms with Gasteiger partial charge in [0.15, 0.2) is 0 Å². The quantitative estimate of drug-likeness (QED) is 0.377. The van der Waals surface area contributed by atoms with Crippen LogP contribution in [0.25, 0.3) is 0 Å². The van der Waals surface area contributed by atoms with Gasteiger partial charge in [-0.25, -0.2) is 0 Å². The van der Waals surface area contributed by atoms with E-state index in [2.05, 4.69) is 6.58 Å². The molecule has 23 heavy (non-hydrogen) atoms. The molecule has 5 nitrogen and oxygen atoms in total. The average Bonchev–Trinajstić information content (AvgIpc) is 2.52. The zero-order chi connectivity index (χ0) is 17.4. The number of ether oxygens (including phenoxy) is 1. The van der Waals surface area contributed by atoms with Gasteiger partial charge in [-0.3, -0.25) is 19.3 Å². The molecule has 0 radical (unpaired) electrons. The molecule has 1 saturated heterocycles. The number of carbonyl (C=O) groups excluding carboxylic acids is 3. The van der Waals surface area contributed by atoms with Gasteiger partial charge >= 0.3 is 5.97 Å². The molecule has 1 rings (SSSR count). The summed E-state index contributed by atoms with van der Waals surface area (Å²) >= 11 is 3.11. The maximum absolute atomic E-state index is 12.8. The van der Waals surface area contributed by atoms with E-state index in [0.29, 0.717) is 19.4 Å². The van der Waals surface area contributed by atoms with Crippen LogP contribution in [0.1, 0.15) is 32.6 Å². The summed E-state index contributed by atoms with van der Waals surface area (Å²) in [4.78, 5) is 37.7. The second-order valence-corrected chi connectivity index (χ2v) is 7.63. The molecule has 0 bridgehead atoms. The van der Waals surface area contributed by atoms with Crippen molar-refractivity contribution in [2.24, 2.45) is 5.92 Å². The Labute approximate surface area is 146 Å². The smallest absolute Gasteiger partial charge is 0.302 e. The third kappa shape index (κ3) is 5.57. The highest BCUT2D eigenvalue weighted by Crippen LogP contribution is 2.34. The van der Waals surface area contributed by atoms with Crippen molar-refractivity contribution in [2.75, 3.05) is 19.1 Å². The molecule has 0 aromatic carbocycles. The van der Waals surface area contributed by atoms with Gasteiger partial charge in [-0.05, 0) is 31.8 Å². The number of rotatable bonds is 8. The van der Waals surface area contributed by atoms with Gasteiger partial charge in [0.05, 0.1) is 10.5 Å². The van der Waals surface area contributed by atoms with Crippen molar-refractivity contribution < 1.29 is 19.1 Å². The Morgan fingerprint density at radius 3 is 2.61 bits per heavy atom. The standard InChI is InChI=1S/C16H25NO4S2/c1-5-6-9-13(19)17-10-7-8-12(15(17)20)14(21-11(2)18)16(22-3)23-4/h5,12,14,16H,1,6-10H2,2-4H3. The molecule has 0 N–H and O–H groups in total. The van der Waals surface area contributed by atoms with E-state index in [1.165, 1.54) is 11.8 Å². The van der Waals surface area contributed by atoms with Crippen LogP contribution in [-0.4, -0.2) is 52.4 Å². The summed E-state index contributed by atoms with van der Waals surface area (Å²) < 4.78 is 5.43. The Hall–Kier alpha value is -0.950. The van der Waals surface area contributed by atoms with E-state index < -0.39 is 18.0 Å². The molecule has 2 amide bonds. The van der Waals surface area contributed by atoms with Crippen LogP contribution in [0.15, 0.2) is 12.7 Å². The number of amides is 2. The van der Waals surface area contributed by atoms with Gasteiger partial charge in [-0.15, -0.1) is 30.1 Å². The van der Waals surface area contributed by atoms with E-state index in [-0.39, 0.29) is 22.8 Å². The average molecular weight is 360 g/mol. The van der Waals surface area contributed by atoms with Crippen molar-refractivity contribution in [3.05, 3.63) is 12.7 Å². The van der Waals surface area contributed by atoms with E-state index in [4.69, 9.17) is 4.74 Å². The minimum absolute atomic E-state index is 0.0314. The van der Waals surface area contributed by atoms with E-state index in [1.54, 1.807) is 29.6 Å². The van der Waals surface area contributed by atoms with Crippen LogP contribution in [0.5, 0.6) is 0 Å². The molecule has 2 unspecified atom stereocenters. The van der Waals surface area contributed by atoms with Crippen molar-refractivity contribution in [1.29, 1.82) is 0 Å². The zero-order valence-electron chi connectivity index (χ0n) is 13.9. The Bertz CT molecular complexity index is 451. The Morgan fingerprint density at radius 2 is 2.09 bits per heavy atom. The Balaban J connectivity index is 2.92. The molecule has 0 aromatic heterocycles. The summed E-state index contributed by atoms with van der Waals surface area (Å²) in [5.74, 6) is -1.24. The van der Waals surface area contributed by atoms with E-state index in [1.807, 2.05) is 12.5 Å². The highest BCUT2D eigenvalue weighted by Gasteiger charge is 2.42. The first kappa shape index (κ1) is 20.1. The van der Waals surface area contributed by atoms with Crippen molar-refractivity contribution in [3.63, 3.8) is 0 Å². The normalized spacial score (nSPS) is 19.6. The maximum Gasteiger partial charge on any atom is 0.302 e. The number of hydrogen-bond acceptors (Lipinski definition) is 6. The molecule has 1 heterocycles. The molecular formula is C16H25NO4S2. The van der Waals surface area contributed by atoms with Gasteiger partial charge < -0.3 is 4.74 Å². The number of piperidine rings is 1. The Morgan fingerprint density at radius 1 is 1.43 bits per heavy atom. The fourth-order valence-electron chi connectivity index (χ4n) is 2.70. The zero-order valence-corrected chi connectivity index (χ0v) is 15.6. The number of nitrogens with zero attached hydrogens (tertiary/aromatic N) is 1. The van der Waals surface area contributed by atoms with Crippen molar-refractivity contribution in [2.45, 2.75) is 43.3 Å². The first-order valence-electron chi connectivity index (χ1n) is 7.64. The molecule has 1 aliphatic rings. The number of carbonyl (C=O) groups is 3. The number of imide groups is 1. The molecule has 0 aliphatic carbocycles. The summed E-state index contributed by atoms with van der Waals surface area (Å²) in [5.41, 5.74) is 0. The molecule has 0 spiro atoms. The minimum atomic E-state index is -0.514. The highest BCUT2D eigenvalue weighted by molar-refractivity contribution is 8.16. The lowest BCUT2D eigenvalue weighted by Crippen LogP contribution is -2.51. The number of thioether (sulfide) groups is 2. The second-order valence-electron chi connectivity index (χ2n) is 5.37. The number of hydrogen-bond donors (Lipinski definition) is 0. The summed E-state index contributed by atoms with van der Waals surface area (Å²) in [5, 5.41) is 0. The summed E-state index contributed by atoms with van der Waals surface area (Å²) in [6, 6.07) is 0. The van der Waals surface area contributed by atoms with Gasteiger partial charge in [0.1, 0.15) is 6.10 Å². The lowest BCUT2D eigenvalue weighted by atomic mass is 9.91. The Kier molecular flexibility index (Phi) is 8.76. The van der Waals surface area contributed by atoms with Crippen LogP contribution in [0.2, 0.25) is 0 Å². The minimum Gasteiger partial charge on any atom is -0.460 e. The molecule has 2 atom stereocenters. The fourth-order valence-corrected chi connectivity index (χ4v) is 4.50. The van der Waals surface area contributed by atoms with Gasteiger partial charge in [-0.1, -0.05) is 6.08 Å². The van der Waals surface area contributed by atoms with E-state index >= 15 is 0 Å². The first-order chi connectivity index (χ1) is 11.0.